The quantitative estimate of drug-likeness (QED) is 0.682. The number of nitrogens with two attached hydrogens (primary N) is 3. The molecule has 0 aliphatic heterocycles. The Kier molecular flexibility index (Phi) is 3.40. The summed E-state index contributed by atoms with van der Waals surface area (Å²) in [5, 5.41) is 1.23. The van der Waals surface area contributed by atoms with E-state index in [9.17, 15) is 0 Å². The van der Waals surface area contributed by atoms with Crippen molar-refractivity contribution in [3.05, 3.63) is 30.0 Å². The predicted molar refractivity (Wildman–Crippen MR) is 67.1 cm³/mol. The van der Waals surface area contributed by atoms with Crippen LogP contribution in [0.25, 0.3) is 0 Å². The van der Waals surface area contributed by atoms with Gasteiger partial charge in [-0.3, -0.25) is 0 Å². The number of pyridine rings is 1. The molecule has 0 unspecified atom stereocenters. The molecular weight excluding hydrogens is 236 g/mol. The van der Waals surface area contributed by atoms with Crippen molar-refractivity contribution >= 4 is 23.4 Å². The van der Waals surface area contributed by atoms with Crippen molar-refractivity contribution in [2.45, 2.75) is 16.7 Å². The average Bonchev–Trinajstić information content (AvgIpc) is 2.28. The number of rotatable bonds is 3. The summed E-state index contributed by atoms with van der Waals surface area (Å²) < 4.78 is 0. The zero-order valence-electron chi connectivity index (χ0n) is 9.00. The minimum atomic E-state index is 0.338. The second-order valence-corrected chi connectivity index (χ2v) is 4.23. The first-order valence-corrected chi connectivity index (χ1v) is 5.72. The second-order valence-electron chi connectivity index (χ2n) is 3.27. The third kappa shape index (κ3) is 2.83. The number of anilines is 2. The summed E-state index contributed by atoms with van der Waals surface area (Å²) >= 11 is 1.29. The molecule has 0 radical (unpaired) electrons. The first-order chi connectivity index (χ1) is 8.19. The first-order valence-electron chi connectivity index (χ1n) is 4.91. The SMILES string of the molecule is NCc1cccnc1Sc1nc(N)cc(N)n1. The molecule has 0 aliphatic rings. The monoisotopic (exact) mass is 248 g/mol. The zero-order chi connectivity index (χ0) is 12.3. The Morgan fingerprint density at radius 2 is 1.88 bits per heavy atom. The molecule has 17 heavy (non-hydrogen) atoms. The summed E-state index contributed by atoms with van der Waals surface area (Å²) in [5.41, 5.74) is 17.7. The van der Waals surface area contributed by atoms with Gasteiger partial charge in [-0.15, -0.1) is 0 Å². The lowest BCUT2D eigenvalue weighted by Crippen LogP contribution is -2.02. The van der Waals surface area contributed by atoms with Crippen molar-refractivity contribution in [3.8, 4) is 0 Å². The van der Waals surface area contributed by atoms with Crippen LogP contribution in [0.4, 0.5) is 11.6 Å². The van der Waals surface area contributed by atoms with E-state index in [4.69, 9.17) is 17.2 Å². The third-order valence-corrected chi connectivity index (χ3v) is 2.93. The van der Waals surface area contributed by atoms with Gasteiger partial charge in [0.25, 0.3) is 0 Å². The van der Waals surface area contributed by atoms with Crippen LogP contribution in [0.1, 0.15) is 5.56 Å². The van der Waals surface area contributed by atoms with Crippen LogP contribution in [0.3, 0.4) is 0 Å². The van der Waals surface area contributed by atoms with Crippen LogP contribution < -0.4 is 17.2 Å². The Morgan fingerprint density at radius 1 is 1.18 bits per heavy atom. The van der Waals surface area contributed by atoms with Gasteiger partial charge in [-0.2, -0.15) is 0 Å². The van der Waals surface area contributed by atoms with Crippen molar-refractivity contribution in [3.63, 3.8) is 0 Å². The van der Waals surface area contributed by atoms with E-state index in [0.717, 1.165) is 10.6 Å². The lowest BCUT2D eigenvalue weighted by molar-refractivity contribution is 0.941. The van der Waals surface area contributed by atoms with Gasteiger partial charge in [-0.1, -0.05) is 6.07 Å². The van der Waals surface area contributed by atoms with Gasteiger partial charge in [0.2, 0.25) is 0 Å². The summed E-state index contributed by atoms with van der Waals surface area (Å²) in [7, 11) is 0. The minimum absolute atomic E-state index is 0.338. The van der Waals surface area contributed by atoms with Crippen LogP contribution >= 0.6 is 11.8 Å². The van der Waals surface area contributed by atoms with Crippen LogP contribution in [0, 0.1) is 0 Å². The summed E-state index contributed by atoms with van der Waals surface area (Å²) in [6.07, 6.45) is 1.69. The Morgan fingerprint density at radius 3 is 2.53 bits per heavy atom. The maximum atomic E-state index is 5.62. The average molecular weight is 248 g/mol. The summed E-state index contributed by atoms with van der Waals surface area (Å²) in [6, 6.07) is 5.25. The van der Waals surface area contributed by atoms with Gasteiger partial charge < -0.3 is 17.2 Å². The summed E-state index contributed by atoms with van der Waals surface area (Å²) in [4.78, 5) is 12.4. The van der Waals surface area contributed by atoms with E-state index in [1.54, 1.807) is 6.20 Å². The molecular formula is C10H12N6S. The van der Waals surface area contributed by atoms with Crippen LogP contribution in [-0.2, 0) is 6.54 Å². The highest BCUT2D eigenvalue weighted by Gasteiger charge is 2.07. The lowest BCUT2D eigenvalue weighted by atomic mass is 10.3. The Labute approximate surface area is 103 Å². The fraction of sp³-hybridized carbons (Fsp3) is 0.100. The van der Waals surface area contributed by atoms with Crippen molar-refractivity contribution in [2.75, 3.05) is 11.5 Å². The summed E-state index contributed by atoms with van der Waals surface area (Å²) in [6.45, 7) is 0.411. The number of aromatic nitrogens is 3. The molecule has 2 rings (SSSR count). The van der Waals surface area contributed by atoms with Gasteiger partial charge in [0, 0.05) is 18.8 Å². The van der Waals surface area contributed by atoms with Crippen LogP contribution in [0.2, 0.25) is 0 Å². The maximum Gasteiger partial charge on any atom is 0.197 e. The highest BCUT2D eigenvalue weighted by atomic mass is 32.2. The molecule has 0 amide bonds. The lowest BCUT2D eigenvalue weighted by Gasteiger charge is -2.05. The molecule has 0 bridgehead atoms. The van der Waals surface area contributed by atoms with Crippen LogP contribution in [0.15, 0.2) is 34.6 Å². The molecule has 6 N–H and O–H groups in total. The largest absolute Gasteiger partial charge is 0.383 e. The van der Waals surface area contributed by atoms with Gasteiger partial charge in [0.05, 0.1) is 0 Å². The van der Waals surface area contributed by atoms with Gasteiger partial charge in [0.1, 0.15) is 16.7 Å². The molecule has 0 saturated carbocycles. The van der Waals surface area contributed by atoms with Gasteiger partial charge in [-0.05, 0) is 23.4 Å². The first kappa shape index (κ1) is 11.6. The highest BCUT2D eigenvalue weighted by Crippen LogP contribution is 2.26. The maximum absolute atomic E-state index is 5.62. The molecule has 0 fully saturated rings. The molecule has 0 spiro atoms. The van der Waals surface area contributed by atoms with Crippen LogP contribution in [-0.4, -0.2) is 15.0 Å². The molecule has 88 valence electrons. The molecule has 0 aromatic carbocycles. The topological polar surface area (TPSA) is 117 Å². The normalized spacial score (nSPS) is 10.4. The van der Waals surface area contributed by atoms with E-state index in [-0.39, 0.29) is 0 Å². The van der Waals surface area contributed by atoms with Crippen LogP contribution in [0.5, 0.6) is 0 Å². The van der Waals surface area contributed by atoms with E-state index in [2.05, 4.69) is 15.0 Å². The molecule has 0 atom stereocenters. The van der Waals surface area contributed by atoms with E-state index < -0.39 is 0 Å². The number of nitrogen functional groups attached to an aromatic ring is 2. The van der Waals surface area contributed by atoms with Crippen molar-refractivity contribution in [1.82, 2.24) is 15.0 Å². The molecule has 2 heterocycles. The summed E-state index contributed by atoms with van der Waals surface area (Å²) in [5.74, 6) is 0.676. The van der Waals surface area contributed by atoms with Crippen molar-refractivity contribution in [1.29, 1.82) is 0 Å². The molecule has 2 aromatic rings. The van der Waals surface area contributed by atoms with E-state index in [1.807, 2.05) is 12.1 Å². The number of nitrogens with zero attached hydrogens (tertiary/aromatic N) is 3. The smallest absolute Gasteiger partial charge is 0.197 e. The molecule has 0 aliphatic carbocycles. The molecule has 0 saturated heterocycles. The Bertz CT molecular complexity index is 510. The van der Waals surface area contributed by atoms with Gasteiger partial charge in [-0.25, -0.2) is 15.0 Å². The fourth-order valence-corrected chi connectivity index (χ4v) is 2.14. The standard InChI is InChI=1S/C10H12N6S/c11-5-6-2-1-3-14-9(6)17-10-15-7(12)4-8(13)16-10/h1-4H,5,11H2,(H4,12,13,15,16). The van der Waals surface area contributed by atoms with Gasteiger partial charge >= 0.3 is 0 Å². The zero-order valence-corrected chi connectivity index (χ0v) is 9.81. The van der Waals surface area contributed by atoms with E-state index in [1.165, 1.54) is 17.8 Å². The minimum Gasteiger partial charge on any atom is -0.383 e. The Hall–Kier alpha value is -1.86. The second kappa shape index (κ2) is 4.98. The molecule has 7 heteroatoms. The number of hydrogen-bond donors (Lipinski definition) is 3. The van der Waals surface area contributed by atoms with E-state index >= 15 is 0 Å². The van der Waals surface area contributed by atoms with Crippen molar-refractivity contribution in [2.24, 2.45) is 5.73 Å². The van der Waals surface area contributed by atoms with Crippen molar-refractivity contribution < 1.29 is 0 Å². The molecule has 2 aromatic heterocycles. The molecule has 6 nitrogen and oxygen atoms in total. The fourth-order valence-electron chi connectivity index (χ4n) is 1.27. The predicted octanol–water partition coefficient (Wildman–Crippen LogP) is 0.646. The van der Waals surface area contributed by atoms with Gasteiger partial charge in [0.15, 0.2) is 5.16 Å². The number of hydrogen-bond acceptors (Lipinski definition) is 7. The highest BCUT2D eigenvalue weighted by molar-refractivity contribution is 7.99. The Balaban J connectivity index is 2.31. The van der Waals surface area contributed by atoms with E-state index in [0.29, 0.717) is 23.3 Å². The third-order valence-electron chi connectivity index (χ3n) is 2.00.